The molecule has 0 saturated carbocycles. The van der Waals surface area contributed by atoms with Crippen LogP contribution in [0.1, 0.15) is 11.6 Å². The van der Waals surface area contributed by atoms with Crippen LogP contribution in [0.4, 0.5) is 11.4 Å². The molecule has 2 N–H and O–H groups in total. The number of carbonyl (C=O) groups is 1. The second-order valence-electron chi connectivity index (χ2n) is 4.43. The van der Waals surface area contributed by atoms with Gasteiger partial charge >= 0.3 is 0 Å². The number of anilines is 2. The van der Waals surface area contributed by atoms with E-state index in [2.05, 4.69) is 10.6 Å². The van der Waals surface area contributed by atoms with Gasteiger partial charge in [0, 0.05) is 22.0 Å². The first-order valence-electron chi connectivity index (χ1n) is 5.86. The molecule has 102 valence electrons. The zero-order valence-electron chi connectivity index (χ0n) is 10.1. The highest BCUT2D eigenvalue weighted by Crippen LogP contribution is 2.36. The van der Waals surface area contributed by atoms with E-state index in [-0.39, 0.29) is 5.91 Å². The molecule has 0 aliphatic carbocycles. The van der Waals surface area contributed by atoms with E-state index in [1.807, 2.05) is 0 Å². The Hall–Kier alpha value is -1.42. The Morgan fingerprint density at radius 1 is 1.00 bits per heavy atom. The number of rotatable bonds is 2. The Morgan fingerprint density at radius 2 is 1.80 bits per heavy atom. The lowest BCUT2D eigenvalue weighted by molar-refractivity contribution is -0.116. The molecule has 6 heteroatoms. The molecule has 20 heavy (non-hydrogen) atoms. The molecule has 2 aromatic carbocycles. The molecule has 0 saturated heterocycles. The molecular formula is C14H9Cl3N2O. The van der Waals surface area contributed by atoms with Crippen molar-refractivity contribution in [3.8, 4) is 0 Å². The van der Waals surface area contributed by atoms with Crippen LogP contribution in [0.15, 0.2) is 36.4 Å². The number of benzene rings is 2. The van der Waals surface area contributed by atoms with E-state index < -0.39 is 6.04 Å². The van der Waals surface area contributed by atoms with Crippen molar-refractivity contribution in [3.05, 3.63) is 57.0 Å². The molecule has 2 aromatic rings. The van der Waals surface area contributed by atoms with Crippen molar-refractivity contribution >= 4 is 52.1 Å². The third-order valence-corrected chi connectivity index (χ3v) is 4.05. The first-order valence-corrected chi connectivity index (χ1v) is 7.00. The van der Waals surface area contributed by atoms with Gasteiger partial charge in [0.05, 0.1) is 10.0 Å². The van der Waals surface area contributed by atoms with Crippen molar-refractivity contribution in [2.45, 2.75) is 6.04 Å². The number of halogens is 3. The highest BCUT2D eigenvalue weighted by Gasteiger charge is 2.30. The monoisotopic (exact) mass is 326 g/mol. The van der Waals surface area contributed by atoms with Crippen molar-refractivity contribution < 1.29 is 4.79 Å². The van der Waals surface area contributed by atoms with Crippen LogP contribution in [-0.2, 0) is 4.79 Å². The van der Waals surface area contributed by atoms with E-state index in [0.29, 0.717) is 20.8 Å². The summed E-state index contributed by atoms with van der Waals surface area (Å²) >= 11 is 17.8. The molecular weight excluding hydrogens is 319 g/mol. The fourth-order valence-corrected chi connectivity index (χ4v) is 2.61. The Bertz CT molecular complexity index is 703. The summed E-state index contributed by atoms with van der Waals surface area (Å²) in [5.74, 6) is -0.131. The molecule has 3 rings (SSSR count). The number of hydrogen-bond acceptors (Lipinski definition) is 2. The summed E-state index contributed by atoms with van der Waals surface area (Å²) in [6.07, 6.45) is 0. The zero-order chi connectivity index (χ0) is 14.3. The number of carbonyl (C=O) groups excluding carboxylic acids is 1. The standard InChI is InChI=1S/C14H9Cl3N2O/c15-7-1-4-12-9(5-7)13(14(20)19-12)18-8-2-3-10(16)11(17)6-8/h1-6,13,18H,(H,19,20). The quantitative estimate of drug-likeness (QED) is 0.835. The first kappa shape index (κ1) is 13.6. The minimum atomic E-state index is -0.499. The van der Waals surface area contributed by atoms with Crippen molar-refractivity contribution in [2.75, 3.05) is 10.6 Å². The second kappa shape index (κ2) is 5.17. The molecule has 1 atom stereocenters. The normalized spacial score (nSPS) is 16.8. The lowest BCUT2D eigenvalue weighted by Crippen LogP contribution is -2.19. The average molecular weight is 328 g/mol. The van der Waals surface area contributed by atoms with Gasteiger partial charge in [0.2, 0.25) is 0 Å². The number of hydrogen-bond donors (Lipinski definition) is 2. The average Bonchev–Trinajstić information content (AvgIpc) is 2.70. The minimum absolute atomic E-state index is 0.131. The maximum absolute atomic E-state index is 12.0. The van der Waals surface area contributed by atoms with Crippen molar-refractivity contribution in [1.82, 2.24) is 0 Å². The highest BCUT2D eigenvalue weighted by atomic mass is 35.5. The van der Waals surface area contributed by atoms with E-state index in [0.717, 1.165) is 11.3 Å². The van der Waals surface area contributed by atoms with Crippen LogP contribution in [0.3, 0.4) is 0 Å². The van der Waals surface area contributed by atoms with Crippen LogP contribution in [0.25, 0.3) is 0 Å². The molecule has 0 fully saturated rings. The Kier molecular flexibility index (Phi) is 3.50. The largest absolute Gasteiger partial charge is 0.370 e. The molecule has 1 aliphatic heterocycles. The van der Waals surface area contributed by atoms with E-state index >= 15 is 0 Å². The molecule has 1 aliphatic rings. The van der Waals surface area contributed by atoms with Crippen LogP contribution in [0.5, 0.6) is 0 Å². The topological polar surface area (TPSA) is 41.1 Å². The fourth-order valence-electron chi connectivity index (χ4n) is 2.13. The lowest BCUT2D eigenvalue weighted by atomic mass is 10.1. The smallest absolute Gasteiger partial charge is 0.251 e. The van der Waals surface area contributed by atoms with Gasteiger partial charge in [-0.2, -0.15) is 0 Å². The lowest BCUT2D eigenvalue weighted by Gasteiger charge is -2.13. The molecule has 1 unspecified atom stereocenters. The Morgan fingerprint density at radius 3 is 2.55 bits per heavy atom. The van der Waals surface area contributed by atoms with Gasteiger partial charge in [-0.3, -0.25) is 4.79 Å². The molecule has 1 amide bonds. The molecule has 1 heterocycles. The summed E-state index contributed by atoms with van der Waals surface area (Å²) in [6, 6.07) is 9.92. The minimum Gasteiger partial charge on any atom is -0.370 e. The van der Waals surface area contributed by atoms with Crippen LogP contribution >= 0.6 is 34.8 Å². The van der Waals surface area contributed by atoms with Gasteiger partial charge in [0.15, 0.2) is 0 Å². The maximum atomic E-state index is 12.0. The van der Waals surface area contributed by atoms with Gasteiger partial charge in [0.1, 0.15) is 6.04 Å². The number of nitrogens with one attached hydrogen (secondary N) is 2. The van der Waals surface area contributed by atoms with Gasteiger partial charge in [-0.1, -0.05) is 34.8 Å². The third kappa shape index (κ3) is 2.44. The van der Waals surface area contributed by atoms with Crippen molar-refractivity contribution in [1.29, 1.82) is 0 Å². The SMILES string of the molecule is O=C1Nc2ccc(Cl)cc2C1Nc1ccc(Cl)c(Cl)c1. The maximum Gasteiger partial charge on any atom is 0.251 e. The predicted molar refractivity (Wildman–Crippen MR) is 82.9 cm³/mol. The summed E-state index contributed by atoms with van der Waals surface area (Å²) in [6.45, 7) is 0. The fraction of sp³-hybridized carbons (Fsp3) is 0.0714. The molecule has 3 nitrogen and oxygen atoms in total. The van der Waals surface area contributed by atoms with E-state index in [4.69, 9.17) is 34.8 Å². The van der Waals surface area contributed by atoms with Gasteiger partial charge < -0.3 is 10.6 Å². The summed E-state index contributed by atoms with van der Waals surface area (Å²) < 4.78 is 0. The molecule has 0 bridgehead atoms. The van der Waals surface area contributed by atoms with Gasteiger partial charge in [-0.05, 0) is 36.4 Å². The summed E-state index contributed by atoms with van der Waals surface area (Å²) in [5.41, 5.74) is 2.29. The van der Waals surface area contributed by atoms with Gasteiger partial charge in [-0.15, -0.1) is 0 Å². The van der Waals surface area contributed by atoms with Crippen molar-refractivity contribution in [2.24, 2.45) is 0 Å². The molecule has 0 spiro atoms. The summed E-state index contributed by atoms with van der Waals surface area (Å²) in [5, 5.41) is 7.42. The van der Waals surface area contributed by atoms with Crippen LogP contribution in [-0.4, -0.2) is 5.91 Å². The number of amides is 1. The van der Waals surface area contributed by atoms with Crippen LogP contribution < -0.4 is 10.6 Å². The summed E-state index contributed by atoms with van der Waals surface area (Å²) in [4.78, 5) is 12.0. The first-order chi connectivity index (χ1) is 9.54. The van der Waals surface area contributed by atoms with Gasteiger partial charge in [0.25, 0.3) is 5.91 Å². The van der Waals surface area contributed by atoms with E-state index in [1.165, 1.54) is 0 Å². The number of fused-ring (bicyclic) bond motifs is 1. The van der Waals surface area contributed by atoms with E-state index in [1.54, 1.807) is 36.4 Å². The van der Waals surface area contributed by atoms with Crippen molar-refractivity contribution in [3.63, 3.8) is 0 Å². The Labute approximate surface area is 130 Å². The van der Waals surface area contributed by atoms with Gasteiger partial charge in [-0.25, -0.2) is 0 Å². The van der Waals surface area contributed by atoms with Crippen LogP contribution in [0, 0.1) is 0 Å². The van der Waals surface area contributed by atoms with E-state index in [9.17, 15) is 4.79 Å². The highest BCUT2D eigenvalue weighted by molar-refractivity contribution is 6.42. The Balaban J connectivity index is 1.93. The summed E-state index contributed by atoms with van der Waals surface area (Å²) in [7, 11) is 0. The molecule has 0 aromatic heterocycles. The zero-order valence-corrected chi connectivity index (χ0v) is 12.4. The third-order valence-electron chi connectivity index (χ3n) is 3.08. The predicted octanol–water partition coefficient (Wildman–Crippen LogP) is 4.75. The van der Waals surface area contributed by atoms with Crippen LogP contribution in [0.2, 0.25) is 15.1 Å². The molecule has 0 radical (unpaired) electrons. The second-order valence-corrected chi connectivity index (χ2v) is 5.68.